The first-order valence-corrected chi connectivity index (χ1v) is 6.22. The number of nitrogens with one attached hydrogen (secondary N) is 1. The molecule has 0 aromatic carbocycles. The molecule has 0 bridgehead atoms. The van der Waals surface area contributed by atoms with Gasteiger partial charge in [0, 0.05) is 44.0 Å². The van der Waals surface area contributed by atoms with E-state index in [4.69, 9.17) is 0 Å². The second-order valence-corrected chi connectivity index (χ2v) is 5.24. The molecule has 1 atom stereocenters. The highest BCUT2D eigenvalue weighted by molar-refractivity contribution is 5.11. The zero-order valence-electron chi connectivity index (χ0n) is 9.89. The third-order valence-electron chi connectivity index (χ3n) is 3.89. The fraction of sp³-hybridized carbons (Fsp3) is 0.750. The van der Waals surface area contributed by atoms with Gasteiger partial charge in [0.2, 0.25) is 0 Å². The Kier molecular flexibility index (Phi) is 2.69. The van der Waals surface area contributed by atoms with Crippen molar-refractivity contribution >= 4 is 0 Å². The lowest BCUT2D eigenvalue weighted by Gasteiger charge is -2.28. The Morgan fingerprint density at radius 1 is 1.50 bits per heavy atom. The molecular weight excluding hydrogens is 200 g/mol. The quantitative estimate of drug-likeness (QED) is 0.806. The van der Waals surface area contributed by atoms with Gasteiger partial charge in [0.15, 0.2) is 0 Å². The second kappa shape index (κ2) is 4.18. The maximum absolute atomic E-state index is 4.31. The van der Waals surface area contributed by atoms with Crippen LogP contribution in [0.25, 0.3) is 0 Å². The first-order valence-electron chi connectivity index (χ1n) is 6.22. The summed E-state index contributed by atoms with van der Waals surface area (Å²) in [7, 11) is 2.21. The van der Waals surface area contributed by atoms with Gasteiger partial charge in [-0.1, -0.05) is 0 Å². The summed E-state index contributed by atoms with van der Waals surface area (Å²) in [6.45, 7) is 5.88. The molecule has 88 valence electrons. The summed E-state index contributed by atoms with van der Waals surface area (Å²) >= 11 is 0. The maximum Gasteiger partial charge on any atom is 0.0948 e. The van der Waals surface area contributed by atoms with E-state index in [2.05, 4.69) is 26.8 Å². The Balaban J connectivity index is 1.67. The van der Waals surface area contributed by atoms with E-state index in [0.717, 1.165) is 25.6 Å². The van der Waals surface area contributed by atoms with Crippen LogP contribution in [0.3, 0.4) is 0 Å². The Labute approximate surface area is 96.7 Å². The summed E-state index contributed by atoms with van der Waals surface area (Å²) in [6, 6.07) is 0. The molecule has 3 rings (SSSR count). The molecule has 0 saturated carbocycles. The van der Waals surface area contributed by atoms with Crippen LogP contribution < -0.4 is 5.32 Å². The molecule has 0 spiro atoms. The van der Waals surface area contributed by atoms with Crippen LogP contribution in [0.5, 0.6) is 0 Å². The Hall–Kier alpha value is -0.870. The van der Waals surface area contributed by atoms with Crippen molar-refractivity contribution in [2.75, 3.05) is 33.2 Å². The van der Waals surface area contributed by atoms with Crippen molar-refractivity contribution in [3.8, 4) is 0 Å². The summed E-state index contributed by atoms with van der Waals surface area (Å²) in [5.41, 5.74) is 1.42. The highest BCUT2D eigenvalue weighted by Crippen LogP contribution is 2.22. The van der Waals surface area contributed by atoms with Gasteiger partial charge in [-0.25, -0.2) is 4.98 Å². The average Bonchev–Trinajstić information content (AvgIpc) is 2.75. The molecule has 1 N–H and O–H groups in total. The normalized spacial score (nSPS) is 27.2. The molecule has 0 amide bonds. The number of nitrogens with zero attached hydrogens (tertiary/aromatic N) is 3. The Morgan fingerprint density at radius 2 is 2.38 bits per heavy atom. The summed E-state index contributed by atoms with van der Waals surface area (Å²) in [6.07, 6.45) is 5.38. The van der Waals surface area contributed by atoms with E-state index in [0.29, 0.717) is 5.92 Å². The highest BCUT2D eigenvalue weighted by Gasteiger charge is 2.25. The van der Waals surface area contributed by atoms with E-state index in [9.17, 15) is 0 Å². The average molecular weight is 220 g/mol. The van der Waals surface area contributed by atoms with Crippen molar-refractivity contribution in [2.24, 2.45) is 5.92 Å². The molecule has 2 aliphatic heterocycles. The van der Waals surface area contributed by atoms with Crippen LogP contribution in [-0.4, -0.2) is 47.7 Å². The molecule has 0 aliphatic carbocycles. The van der Waals surface area contributed by atoms with Crippen LogP contribution >= 0.6 is 0 Å². The van der Waals surface area contributed by atoms with Crippen LogP contribution in [0.1, 0.15) is 18.0 Å². The van der Waals surface area contributed by atoms with Gasteiger partial charge < -0.3 is 14.8 Å². The maximum atomic E-state index is 4.31. The minimum absolute atomic E-state index is 0.696. The van der Waals surface area contributed by atoms with Crippen molar-refractivity contribution < 1.29 is 0 Å². The molecule has 4 heteroatoms. The van der Waals surface area contributed by atoms with Crippen molar-refractivity contribution in [1.82, 2.24) is 19.8 Å². The molecule has 1 aromatic heterocycles. The lowest BCUT2D eigenvalue weighted by molar-refractivity contribution is 0.365. The Morgan fingerprint density at radius 3 is 3.00 bits per heavy atom. The molecule has 1 aromatic rings. The first kappa shape index (κ1) is 10.3. The van der Waals surface area contributed by atoms with Crippen molar-refractivity contribution in [3.05, 3.63) is 18.2 Å². The minimum atomic E-state index is 0.696. The summed E-state index contributed by atoms with van der Waals surface area (Å²) in [5.74, 6) is 1.51. The molecule has 0 radical (unpaired) electrons. The molecule has 1 unspecified atom stereocenters. The van der Waals surface area contributed by atoms with E-state index in [-0.39, 0.29) is 0 Å². The molecule has 2 aliphatic rings. The standard InChI is InChI=1S/C12H20N4/c1-15-3-2-10(7-15)8-16-9-14-6-12(16)11-4-13-5-11/h6,9-11,13H,2-5,7-8H2,1H3. The molecule has 4 nitrogen and oxygen atoms in total. The zero-order chi connectivity index (χ0) is 11.0. The smallest absolute Gasteiger partial charge is 0.0948 e. The minimum Gasteiger partial charge on any atom is -0.334 e. The summed E-state index contributed by atoms with van der Waals surface area (Å²) < 4.78 is 2.37. The SMILES string of the molecule is CN1CCC(Cn2cncc2C2CNC2)C1. The van der Waals surface area contributed by atoms with Crippen LogP contribution in [0.2, 0.25) is 0 Å². The fourth-order valence-corrected chi connectivity index (χ4v) is 2.77. The highest BCUT2D eigenvalue weighted by atomic mass is 15.1. The van der Waals surface area contributed by atoms with Gasteiger partial charge >= 0.3 is 0 Å². The Bertz CT molecular complexity index is 356. The third kappa shape index (κ3) is 1.87. The fourth-order valence-electron chi connectivity index (χ4n) is 2.77. The van der Waals surface area contributed by atoms with Gasteiger partial charge in [0.25, 0.3) is 0 Å². The molecule has 2 saturated heterocycles. The number of imidazole rings is 1. The first-order chi connectivity index (χ1) is 7.83. The largest absolute Gasteiger partial charge is 0.334 e. The van der Waals surface area contributed by atoms with E-state index in [1.54, 1.807) is 0 Å². The number of hydrogen-bond acceptors (Lipinski definition) is 3. The van der Waals surface area contributed by atoms with Crippen molar-refractivity contribution in [2.45, 2.75) is 18.9 Å². The van der Waals surface area contributed by atoms with Gasteiger partial charge in [0.05, 0.1) is 6.33 Å². The monoisotopic (exact) mass is 220 g/mol. The molecule has 3 heterocycles. The van der Waals surface area contributed by atoms with Crippen LogP contribution in [-0.2, 0) is 6.54 Å². The number of rotatable bonds is 3. The van der Waals surface area contributed by atoms with Gasteiger partial charge in [-0.2, -0.15) is 0 Å². The van der Waals surface area contributed by atoms with E-state index >= 15 is 0 Å². The van der Waals surface area contributed by atoms with Gasteiger partial charge in [-0.3, -0.25) is 0 Å². The van der Waals surface area contributed by atoms with E-state index in [1.165, 1.54) is 25.2 Å². The molecular formula is C12H20N4. The second-order valence-electron chi connectivity index (χ2n) is 5.24. The van der Waals surface area contributed by atoms with Gasteiger partial charge in [-0.05, 0) is 25.9 Å². The number of likely N-dealkylation sites (tertiary alicyclic amines) is 1. The van der Waals surface area contributed by atoms with Crippen molar-refractivity contribution in [3.63, 3.8) is 0 Å². The topological polar surface area (TPSA) is 33.1 Å². The molecule has 2 fully saturated rings. The van der Waals surface area contributed by atoms with Crippen LogP contribution in [0, 0.1) is 5.92 Å². The lowest BCUT2D eigenvalue weighted by Crippen LogP contribution is -2.41. The van der Waals surface area contributed by atoms with Gasteiger partial charge in [0.1, 0.15) is 0 Å². The van der Waals surface area contributed by atoms with E-state index in [1.807, 2.05) is 12.5 Å². The number of aromatic nitrogens is 2. The van der Waals surface area contributed by atoms with E-state index < -0.39 is 0 Å². The summed E-state index contributed by atoms with van der Waals surface area (Å²) in [5, 5.41) is 3.33. The van der Waals surface area contributed by atoms with Crippen molar-refractivity contribution in [1.29, 1.82) is 0 Å². The molecule has 16 heavy (non-hydrogen) atoms. The number of hydrogen-bond donors (Lipinski definition) is 1. The van der Waals surface area contributed by atoms with Gasteiger partial charge in [-0.15, -0.1) is 0 Å². The zero-order valence-corrected chi connectivity index (χ0v) is 9.89. The summed E-state index contributed by atoms with van der Waals surface area (Å²) in [4.78, 5) is 6.73. The predicted molar refractivity (Wildman–Crippen MR) is 63.4 cm³/mol. The lowest BCUT2D eigenvalue weighted by atomic mass is 9.99. The van der Waals surface area contributed by atoms with Crippen LogP contribution in [0.15, 0.2) is 12.5 Å². The third-order valence-corrected chi connectivity index (χ3v) is 3.89. The van der Waals surface area contributed by atoms with Crippen LogP contribution in [0.4, 0.5) is 0 Å². The predicted octanol–water partition coefficient (Wildman–Crippen LogP) is 0.522.